The summed E-state index contributed by atoms with van der Waals surface area (Å²) in [5, 5.41) is 4.53. The van der Waals surface area contributed by atoms with E-state index in [1.807, 2.05) is 54.6 Å². The summed E-state index contributed by atoms with van der Waals surface area (Å²) in [6.45, 7) is 1.64. The summed E-state index contributed by atoms with van der Waals surface area (Å²) < 4.78 is 11.3. The van der Waals surface area contributed by atoms with Gasteiger partial charge in [-0.05, 0) is 55.0 Å². The van der Waals surface area contributed by atoms with E-state index in [9.17, 15) is 4.79 Å². The van der Waals surface area contributed by atoms with E-state index in [1.165, 1.54) is 0 Å². The molecule has 1 N–H and O–H groups in total. The van der Waals surface area contributed by atoms with Crippen LogP contribution in [0.1, 0.15) is 12.5 Å². The van der Waals surface area contributed by atoms with E-state index in [2.05, 4.69) is 10.5 Å². The summed E-state index contributed by atoms with van der Waals surface area (Å²) >= 11 is 5.91. The molecular formula is C22H19ClN2O3. The molecule has 0 saturated carbocycles. The quantitative estimate of drug-likeness (QED) is 0.450. The number of carbonyl (C=O) groups is 1. The van der Waals surface area contributed by atoms with Gasteiger partial charge >= 0.3 is 0 Å². The van der Waals surface area contributed by atoms with Gasteiger partial charge in [-0.1, -0.05) is 48.0 Å². The maximum atomic E-state index is 12.1. The van der Waals surface area contributed by atoms with Gasteiger partial charge in [-0.15, -0.1) is 0 Å². The fourth-order valence-electron chi connectivity index (χ4n) is 2.34. The number of benzene rings is 3. The molecule has 3 rings (SSSR count). The molecule has 1 amide bonds. The maximum absolute atomic E-state index is 12.1. The van der Waals surface area contributed by atoms with Crippen LogP contribution < -0.4 is 14.9 Å². The van der Waals surface area contributed by atoms with Gasteiger partial charge in [0, 0.05) is 5.02 Å². The van der Waals surface area contributed by atoms with Crippen molar-refractivity contribution in [3.05, 3.63) is 89.4 Å². The number of para-hydroxylation sites is 1. The topological polar surface area (TPSA) is 59.9 Å². The Labute approximate surface area is 168 Å². The second kappa shape index (κ2) is 9.58. The van der Waals surface area contributed by atoms with Crippen molar-refractivity contribution in [3.63, 3.8) is 0 Å². The minimum Gasteiger partial charge on any atom is -0.481 e. The van der Waals surface area contributed by atoms with Crippen LogP contribution in [0.3, 0.4) is 0 Å². The number of rotatable bonds is 7. The molecule has 0 radical (unpaired) electrons. The third-order valence-electron chi connectivity index (χ3n) is 3.70. The summed E-state index contributed by atoms with van der Waals surface area (Å²) in [6, 6.07) is 23.8. The maximum Gasteiger partial charge on any atom is 0.280 e. The third kappa shape index (κ3) is 5.86. The van der Waals surface area contributed by atoms with Crippen LogP contribution in [0.5, 0.6) is 17.2 Å². The van der Waals surface area contributed by atoms with E-state index in [1.54, 1.807) is 37.4 Å². The van der Waals surface area contributed by atoms with E-state index in [4.69, 9.17) is 21.1 Å². The highest BCUT2D eigenvalue weighted by Gasteiger charge is 2.13. The van der Waals surface area contributed by atoms with Gasteiger partial charge in [0.1, 0.15) is 17.2 Å². The van der Waals surface area contributed by atoms with Gasteiger partial charge in [0.15, 0.2) is 6.10 Å². The molecule has 0 heterocycles. The zero-order valence-corrected chi connectivity index (χ0v) is 16.0. The molecule has 0 aliphatic heterocycles. The number of halogens is 1. The Kier molecular flexibility index (Phi) is 6.65. The number of hydrogen-bond donors (Lipinski definition) is 1. The van der Waals surface area contributed by atoms with E-state index in [0.717, 1.165) is 11.3 Å². The van der Waals surface area contributed by atoms with Crippen molar-refractivity contribution in [3.8, 4) is 17.2 Å². The summed E-state index contributed by atoms with van der Waals surface area (Å²) in [4.78, 5) is 12.1. The SMILES string of the molecule is C[C@@H](Oc1cccc(Cl)c1)C(=O)N/N=C\c1cccc(Oc2ccccc2)c1. The lowest BCUT2D eigenvalue weighted by atomic mass is 10.2. The van der Waals surface area contributed by atoms with Crippen LogP contribution in [-0.4, -0.2) is 18.2 Å². The number of nitrogens with one attached hydrogen (secondary N) is 1. The van der Waals surface area contributed by atoms with E-state index in [0.29, 0.717) is 16.5 Å². The summed E-state index contributed by atoms with van der Waals surface area (Å²) in [5.41, 5.74) is 3.26. The van der Waals surface area contributed by atoms with E-state index < -0.39 is 6.10 Å². The minimum atomic E-state index is -0.719. The Morgan fingerprint density at radius 3 is 2.46 bits per heavy atom. The zero-order valence-electron chi connectivity index (χ0n) is 15.2. The molecule has 0 fully saturated rings. The fourth-order valence-corrected chi connectivity index (χ4v) is 2.52. The number of amides is 1. The molecule has 0 aliphatic rings. The average Bonchev–Trinajstić information content (AvgIpc) is 2.69. The Balaban J connectivity index is 1.55. The lowest BCUT2D eigenvalue weighted by molar-refractivity contribution is -0.127. The van der Waals surface area contributed by atoms with Crippen molar-refractivity contribution >= 4 is 23.7 Å². The molecular weight excluding hydrogens is 376 g/mol. The molecule has 1 atom stereocenters. The number of ether oxygens (including phenoxy) is 2. The van der Waals surface area contributed by atoms with Gasteiger partial charge in [-0.25, -0.2) is 5.43 Å². The zero-order chi connectivity index (χ0) is 19.8. The summed E-state index contributed by atoms with van der Waals surface area (Å²) in [6.07, 6.45) is 0.824. The van der Waals surface area contributed by atoms with Crippen LogP contribution in [0, 0.1) is 0 Å². The largest absolute Gasteiger partial charge is 0.481 e. The monoisotopic (exact) mass is 394 g/mol. The van der Waals surface area contributed by atoms with Crippen LogP contribution >= 0.6 is 11.6 Å². The van der Waals surface area contributed by atoms with Crippen molar-refractivity contribution in [1.82, 2.24) is 5.43 Å². The molecule has 6 heteroatoms. The molecule has 0 bridgehead atoms. The van der Waals surface area contributed by atoms with Gasteiger partial charge in [-0.2, -0.15) is 5.10 Å². The predicted molar refractivity (Wildman–Crippen MR) is 110 cm³/mol. The number of hydrazone groups is 1. The van der Waals surface area contributed by atoms with Crippen LogP contribution in [-0.2, 0) is 4.79 Å². The highest BCUT2D eigenvalue weighted by atomic mass is 35.5. The Morgan fingerprint density at radius 2 is 1.68 bits per heavy atom. The molecule has 5 nitrogen and oxygen atoms in total. The third-order valence-corrected chi connectivity index (χ3v) is 3.94. The molecule has 0 aromatic heterocycles. The standard InChI is InChI=1S/C22H19ClN2O3/c1-16(27-21-12-6-8-18(23)14-21)22(26)25-24-15-17-7-5-11-20(13-17)28-19-9-3-2-4-10-19/h2-16H,1H3,(H,25,26)/b24-15-/t16-/m1/s1. The number of carbonyl (C=O) groups excluding carboxylic acids is 1. The average molecular weight is 395 g/mol. The van der Waals surface area contributed by atoms with E-state index >= 15 is 0 Å². The van der Waals surface area contributed by atoms with E-state index in [-0.39, 0.29) is 5.91 Å². The predicted octanol–water partition coefficient (Wildman–Crippen LogP) is 5.05. The first-order valence-corrected chi connectivity index (χ1v) is 9.06. The van der Waals surface area contributed by atoms with Crippen molar-refractivity contribution in [2.45, 2.75) is 13.0 Å². The Morgan fingerprint density at radius 1 is 0.964 bits per heavy atom. The summed E-state index contributed by atoms with van der Waals surface area (Å²) in [5.74, 6) is 1.58. The van der Waals surface area contributed by atoms with Gasteiger partial charge in [-0.3, -0.25) is 4.79 Å². The Hall–Kier alpha value is -3.31. The highest BCUT2D eigenvalue weighted by Crippen LogP contribution is 2.21. The second-order valence-corrected chi connectivity index (χ2v) is 6.38. The smallest absolute Gasteiger partial charge is 0.280 e. The number of hydrogen-bond acceptors (Lipinski definition) is 4. The van der Waals surface area contributed by atoms with Gasteiger partial charge in [0.2, 0.25) is 0 Å². The molecule has 142 valence electrons. The Bertz CT molecular complexity index is 961. The molecule has 0 unspecified atom stereocenters. The van der Waals surface area contributed by atoms with Crippen molar-refractivity contribution in [2.24, 2.45) is 5.10 Å². The molecule has 0 saturated heterocycles. The first kappa shape index (κ1) is 19.5. The van der Waals surface area contributed by atoms with Crippen molar-refractivity contribution in [1.29, 1.82) is 0 Å². The molecule has 0 spiro atoms. The molecule has 0 aliphatic carbocycles. The molecule has 3 aromatic rings. The van der Waals surface area contributed by atoms with Crippen LogP contribution in [0.15, 0.2) is 84.0 Å². The lowest BCUT2D eigenvalue weighted by Crippen LogP contribution is -2.33. The minimum absolute atomic E-state index is 0.368. The first-order chi connectivity index (χ1) is 13.6. The van der Waals surface area contributed by atoms with Gasteiger partial charge < -0.3 is 9.47 Å². The fraction of sp³-hybridized carbons (Fsp3) is 0.0909. The first-order valence-electron chi connectivity index (χ1n) is 8.68. The normalized spacial score (nSPS) is 11.8. The highest BCUT2D eigenvalue weighted by molar-refractivity contribution is 6.30. The van der Waals surface area contributed by atoms with Crippen LogP contribution in [0.2, 0.25) is 5.02 Å². The van der Waals surface area contributed by atoms with Crippen molar-refractivity contribution < 1.29 is 14.3 Å². The van der Waals surface area contributed by atoms with Gasteiger partial charge in [0.05, 0.1) is 6.21 Å². The van der Waals surface area contributed by atoms with Crippen molar-refractivity contribution in [2.75, 3.05) is 0 Å². The van der Waals surface area contributed by atoms with Crippen LogP contribution in [0.25, 0.3) is 0 Å². The van der Waals surface area contributed by atoms with Gasteiger partial charge in [0.25, 0.3) is 5.91 Å². The van der Waals surface area contributed by atoms with Crippen LogP contribution in [0.4, 0.5) is 0 Å². The molecule has 28 heavy (non-hydrogen) atoms. The summed E-state index contributed by atoms with van der Waals surface area (Å²) in [7, 11) is 0. The lowest BCUT2D eigenvalue weighted by Gasteiger charge is -2.12. The number of nitrogens with zero attached hydrogens (tertiary/aromatic N) is 1. The second-order valence-electron chi connectivity index (χ2n) is 5.94. The molecule has 3 aromatic carbocycles.